The third kappa shape index (κ3) is 4.22. The molecule has 0 aliphatic carbocycles. The van der Waals surface area contributed by atoms with Crippen molar-refractivity contribution in [3.8, 4) is 0 Å². The van der Waals surface area contributed by atoms with Crippen molar-refractivity contribution >= 4 is 34.7 Å². The van der Waals surface area contributed by atoms with Crippen molar-refractivity contribution in [3.05, 3.63) is 86.8 Å². The topological polar surface area (TPSA) is 110 Å². The van der Waals surface area contributed by atoms with Crippen molar-refractivity contribution in [2.75, 3.05) is 11.5 Å². The maximum Gasteiger partial charge on any atom is 0.338 e. The van der Waals surface area contributed by atoms with Crippen LogP contribution in [-0.2, 0) is 9.53 Å². The van der Waals surface area contributed by atoms with Gasteiger partial charge in [-0.25, -0.2) is 9.78 Å². The molecule has 1 amide bonds. The van der Waals surface area contributed by atoms with Crippen molar-refractivity contribution in [3.63, 3.8) is 0 Å². The zero-order valence-corrected chi connectivity index (χ0v) is 19.8. The molecule has 0 fully saturated rings. The summed E-state index contributed by atoms with van der Waals surface area (Å²) in [6.07, 6.45) is 3.80. The number of amides is 1. The number of nitrogens with zero attached hydrogens (tertiary/aromatic N) is 3. The van der Waals surface area contributed by atoms with E-state index in [-0.39, 0.29) is 17.7 Å². The second-order valence-electron chi connectivity index (χ2n) is 7.79. The lowest BCUT2D eigenvalue weighted by Gasteiger charge is -2.27. The van der Waals surface area contributed by atoms with Gasteiger partial charge in [0, 0.05) is 18.1 Å². The molecule has 0 spiro atoms. The summed E-state index contributed by atoms with van der Waals surface area (Å²) in [5, 5.41) is 11.6. The van der Waals surface area contributed by atoms with E-state index >= 15 is 0 Å². The minimum Gasteiger partial charge on any atom is -0.503 e. The number of carbonyl (C=O) groups is 3. The molecule has 1 aliphatic heterocycles. The molecule has 9 heteroatoms. The van der Waals surface area contributed by atoms with Crippen LogP contribution in [0.3, 0.4) is 0 Å². The molecule has 1 atom stereocenters. The average molecular weight is 478 g/mol. The quantitative estimate of drug-likeness (QED) is 0.394. The Labute approximate surface area is 200 Å². The molecular weight excluding hydrogens is 454 g/mol. The second kappa shape index (κ2) is 9.56. The summed E-state index contributed by atoms with van der Waals surface area (Å²) in [6.45, 7) is 5.67. The number of thiazole rings is 1. The highest BCUT2D eigenvalue weighted by Crippen LogP contribution is 2.42. The molecule has 2 aromatic heterocycles. The monoisotopic (exact) mass is 477 g/mol. The molecule has 3 aromatic rings. The fraction of sp³-hybridized carbons (Fsp3) is 0.240. The molecule has 0 saturated carbocycles. The number of hydrogen-bond acceptors (Lipinski definition) is 8. The van der Waals surface area contributed by atoms with E-state index < -0.39 is 29.5 Å². The van der Waals surface area contributed by atoms with Crippen LogP contribution in [-0.4, -0.2) is 39.3 Å². The van der Waals surface area contributed by atoms with Crippen LogP contribution in [0.1, 0.15) is 55.7 Å². The maximum atomic E-state index is 13.6. The van der Waals surface area contributed by atoms with Gasteiger partial charge in [0.1, 0.15) is 0 Å². The standard InChI is InChI=1S/C25H23N3O5S/c1-4-11-33-25(32)16-7-5-9-18(12-16)28-20(17-8-6-10-26-13-17)19(22(30)24(28)31)21(29)23-14(2)27-15(3)34-23/h5-10,12-13,20,30H,4,11H2,1-3H3. The van der Waals surface area contributed by atoms with Crippen LogP contribution < -0.4 is 4.90 Å². The van der Waals surface area contributed by atoms with Gasteiger partial charge in [-0.05, 0) is 50.1 Å². The van der Waals surface area contributed by atoms with E-state index in [2.05, 4.69) is 9.97 Å². The van der Waals surface area contributed by atoms with Crippen molar-refractivity contribution in [2.24, 2.45) is 0 Å². The zero-order chi connectivity index (χ0) is 24.4. The number of anilines is 1. The molecule has 174 valence electrons. The normalized spacial score (nSPS) is 15.7. The summed E-state index contributed by atoms with van der Waals surface area (Å²) < 4.78 is 5.22. The Bertz CT molecular complexity index is 1300. The van der Waals surface area contributed by atoms with Gasteiger partial charge in [-0.2, -0.15) is 0 Å². The predicted molar refractivity (Wildman–Crippen MR) is 127 cm³/mol. The van der Waals surface area contributed by atoms with E-state index in [1.165, 1.54) is 22.3 Å². The van der Waals surface area contributed by atoms with Gasteiger partial charge in [0.05, 0.1) is 39.4 Å². The minimum atomic E-state index is -0.933. The molecule has 1 N–H and O–H groups in total. The van der Waals surface area contributed by atoms with Crippen LogP contribution in [0.25, 0.3) is 0 Å². The van der Waals surface area contributed by atoms with E-state index in [1.54, 1.807) is 56.6 Å². The summed E-state index contributed by atoms with van der Waals surface area (Å²) in [4.78, 5) is 49.4. The van der Waals surface area contributed by atoms with Gasteiger partial charge < -0.3 is 9.84 Å². The SMILES string of the molecule is CCCOC(=O)c1cccc(N2C(=O)C(O)=C(C(=O)c3sc(C)nc3C)C2c2cccnc2)c1. The number of esters is 1. The van der Waals surface area contributed by atoms with Crippen LogP contribution in [0.5, 0.6) is 0 Å². The Balaban J connectivity index is 1.82. The van der Waals surface area contributed by atoms with Gasteiger partial charge in [0.2, 0.25) is 5.78 Å². The second-order valence-corrected chi connectivity index (χ2v) is 8.99. The van der Waals surface area contributed by atoms with Gasteiger partial charge in [-0.3, -0.25) is 19.5 Å². The summed E-state index contributed by atoms with van der Waals surface area (Å²) in [5.74, 6) is -2.36. The minimum absolute atomic E-state index is 0.0521. The van der Waals surface area contributed by atoms with Crippen LogP contribution in [0.4, 0.5) is 5.69 Å². The molecule has 1 aromatic carbocycles. The van der Waals surface area contributed by atoms with E-state index in [4.69, 9.17) is 4.74 Å². The van der Waals surface area contributed by atoms with Crippen LogP contribution in [0.15, 0.2) is 60.1 Å². The smallest absolute Gasteiger partial charge is 0.338 e. The maximum absolute atomic E-state index is 13.6. The molecule has 1 unspecified atom stereocenters. The first-order chi connectivity index (χ1) is 16.3. The largest absolute Gasteiger partial charge is 0.503 e. The van der Waals surface area contributed by atoms with Crippen molar-refractivity contribution in [1.82, 2.24) is 9.97 Å². The molecule has 3 heterocycles. The fourth-order valence-corrected chi connectivity index (χ4v) is 4.76. The Hall–Kier alpha value is -3.85. The first-order valence-electron chi connectivity index (χ1n) is 10.8. The summed E-state index contributed by atoms with van der Waals surface area (Å²) in [6, 6.07) is 8.85. The predicted octanol–water partition coefficient (Wildman–Crippen LogP) is 4.50. The zero-order valence-electron chi connectivity index (χ0n) is 18.9. The van der Waals surface area contributed by atoms with Crippen molar-refractivity contribution in [1.29, 1.82) is 0 Å². The van der Waals surface area contributed by atoms with Crippen molar-refractivity contribution in [2.45, 2.75) is 33.2 Å². The highest BCUT2D eigenvalue weighted by molar-refractivity contribution is 7.14. The molecular formula is C25H23N3O5S. The van der Waals surface area contributed by atoms with Crippen LogP contribution in [0.2, 0.25) is 0 Å². The number of hydrogen-bond donors (Lipinski definition) is 1. The molecule has 1 aliphatic rings. The average Bonchev–Trinajstić information content (AvgIpc) is 3.32. The lowest BCUT2D eigenvalue weighted by molar-refractivity contribution is -0.117. The van der Waals surface area contributed by atoms with Crippen LogP contribution >= 0.6 is 11.3 Å². The number of ketones is 1. The Morgan fingerprint density at radius 1 is 1.21 bits per heavy atom. The third-order valence-electron chi connectivity index (χ3n) is 5.36. The molecule has 4 rings (SSSR count). The van der Waals surface area contributed by atoms with Gasteiger partial charge in [0.25, 0.3) is 5.91 Å². The number of benzene rings is 1. The van der Waals surface area contributed by atoms with E-state index in [0.29, 0.717) is 33.3 Å². The first-order valence-corrected chi connectivity index (χ1v) is 11.6. The molecule has 0 radical (unpaired) electrons. The summed E-state index contributed by atoms with van der Waals surface area (Å²) in [7, 11) is 0. The number of aliphatic hydroxyl groups is 1. The highest BCUT2D eigenvalue weighted by Gasteiger charge is 2.45. The van der Waals surface area contributed by atoms with E-state index in [9.17, 15) is 19.5 Å². The lowest BCUT2D eigenvalue weighted by atomic mass is 9.96. The van der Waals surface area contributed by atoms with E-state index in [1.807, 2.05) is 6.92 Å². The third-order valence-corrected chi connectivity index (χ3v) is 6.43. The first kappa shape index (κ1) is 23.3. The van der Waals surface area contributed by atoms with Gasteiger partial charge in [0.15, 0.2) is 5.76 Å². The van der Waals surface area contributed by atoms with Gasteiger partial charge >= 0.3 is 5.97 Å². The summed E-state index contributed by atoms with van der Waals surface area (Å²) in [5.41, 5.74) is 1.63. The number of ether oxygens (including phenoxy) is 1. The Morgan fingerprint density at radius 3 is 2.65 bits per heavy atom. The number of aromatic nitrogens is 2. The number of pyridine rings is 1. The van der Waals surface area contributed by atoms with E-state index in [0.717, 1.165) is 0 Å². The number of carbonyl (C=O) groups excluding carboxylic acids is 3. The number of Topliss-reactive ketones (excluding diaryl/α,β-unsaturated/α-hetero) is 1. The van der Waals surface area contributed by atoms with Gasteiger partial charge in [-0.1, -0.05) is 19.1 Å². The number of aryl methyl sites for hydroxylation is 2. The summed E-state index contributed by atoms with van der Waals surface area (Å²) >= 11 is 1.21. The highest BCUT2D eigenvalue weighted by atomic mass is 32.1. The van der Waals surface area contributed by atoms with Gasteiger partial charge in [-0.15, -0.1) is 11.3 Å². The molecule has 0 bridgehead atoms. The molecule has 34 heavy (non-hydrogen) atoms. The lowest BCUT2D eigenvalue weighted by Crippen LogP contribution is -2.31. The van der Waals surface area contributed by atoms with Crippen molar-refractivity contribution < 1.29 is 24.2 Å². The molecule has 0 saturated heterocycles. The Morgan fingerprint density at radius 2 is 2.00 bits per heavy atom. The molecule has 8 nitrogen and oxygen atoms in total. The fourth-order valence-electron chi connectivity index (χ4n) is 3.88. The number of rotatable bonds is 7. The van der Waals surface area contributed by atoms with Crippen LogP contribution in [0, 0.1) is 13.8 Å². The number of aliphatic hydroxyl groups excluding tert-OH is 1. The Kier molecular flexibility index (Phi) is 6.56.